The summed E-state index contributed by atoms with van der Waals surface area (Å²) in [5, 5.41) is 17.9. The molecular weight excluding hydrogens is 358 g/mol. The molecule has 1 aromatic carbocycles. The summed E-state index contributed by atoms with van der Waals surface area (Å²) in [5.74, 6) is 0.798. The second kappa shape index (κ2) is 6.96. The number of hydrogen-bond donors (Lipinski definition) is 3. The van der Waals surface area contributed by atoms with Crippen molar-refractivity contribution in [1.29, 1.82) is 0 Å². The molecule has 0 atom stereocenters. The second-order valence-electron chi connectivity index (χ2n) is 6.76. The van der Waals surface area contributed by atoms with Gasteiger partial charge in [0.05, 0.1) is 21.9 Å². The third kappa shape index (κ3) is 3.35. The predicted molar refractivity (Wildman–Crippen MR) is 108 cm³/mol. The van der Waals surface area contributed by atoms with E-state index in [0.717, 1.165) is 38.7 Å². The summed E-state index contributed by atoms with van der Waals surface area (Å²) in [6.07, 6.45) is 8.53. The number of pyridine rings is 1. The third-order valence-electron chi connectivity index (χ3n) is 4.91. The molecule has 1 aliphatic rings. The average Bonchev–Trinajstić information content (AvgIpc) is 3.44. The van der Waals surface area contributed by atoms with Crippen LogP contribution in [0.4, 0.5) is 17.2 Å². The summed E-state index contributed by atoms with van der Waals surface area (Å²) in [6, 6.07) is 8.71. The van der Waals surface area contributed by atoms with Crippen LogP contribution >= 0.6 is 11.3 Å². The molecule has 0 aliphatic heterocycles. The molecule has 7 nitrogen and oxygen atoms in total. The molecule has 1 aliphatic carbocycles. The first-order valence-corrected chi connectivity index (χ1v) is 9.96. The molecule has 0 spiro atoms. The Morgan fingerprint density at radius 1 is 1.07 bits per heavy atom. The minimum Gasteiger partial charge on any atom is -0.382 e. The van der Waals surface area contributed by atoms with E-state index in [1.807, 2.05) is 23.8 Å². The zero-order valence-corrected chi connectivity index (χ0v) is 15.5. The molecule has 0 amide bonds. The lowest BCUT2D eigenvalue weighted by molar-refractivity contribution is 0.755. The van der Waals surface area contributed by atoms with Crippen molar-refractivity contribution in [2.45, 2.75) is 31.7 Å². The Labute approximate surface area is 160 Å². The number of benzene rings is 1. The Morgan fingerprint density at radius 2 is 2.00 bits per heavy atom. The van der Waals surface area contributed by atoms with Crippen LogP contribution in [0.5, 0.6) is 0 Å². The molecule has 0 saturated heterocycles. The number of nitrogens with one attached hydrogen (secondary N) is 3. The zero-order chi connectivity index (χ0) is 18.1. The number of aromatic nitrogens is 5. The van der Waals surface area contributed by atoms with E-state index in [2.05, 4.69) is 48.1 Å². The maximum atomic E-state index is 4.59. The maximum Gasteiger partial charge on any atom is 0.132 e. The maximum absolute atomic E-state index is 4.59. The topological polar surface area (TPSA) is 91.4 Å². The first-order valence-electron chi connectivity index (χ1n) is 9.08. The van der Waals surface area contributed by atoms with Gasteiger partial charge in [-0.05, 0) is 31.0 Å². The molecule has 3 heterocycles. The fraction of sp³-hybridized carbons (Fsp3) is 0.263. The van der Waals surface area contributed by atoms with Gasteiger partial charge in [-0.25, -0.2) is 9.97 Å². The summed E-state index contributed by atoms with van der Waals surface area (Å²) in [5.41, 5.74) is 6.67. The van der Waals surface area contributed by atoms with Gasteiger partial charge in [-0.15, -0.1) is 11.3 Å². The van der Waals surface area contributed by atoms with Crippen LogP contribution in [0.1, 0.15) is 25.7 Å². The highest BCUT2D eigenvalue weighted by Gasteiger charge is 2.18. The highest BCUT2D eigenvalue weighted by molar-refractivity contribution is 7.16. The molecule has 0 unspecified atom stereocenters. The van der Waals surface area contributed by atoms with Crippen LogP contribution in [0.3, 0.4) is 0 Å². The number of thiazole rings is 1. The minimum atomic E-state index is 0.499. The molecule has 27 heavy (non-hydrogen) atoms. The van der Waals surface area contributed by atoms with Crippen LogP contribution in [-0.4, -0.2) is 31.4 Å². The number of anilines is 3. The molecule has 0 radical (unpaired) electrons. The lowest BCUT2D eigenvalue weighted by Crippen LogP contribution is -2.15. The minimum absolute atomic E-state index is 0.499. The van der Waals surface area contributed by atoms with Crippen molar-refractivity contribution in [1.82, 2.24) is 25.4 Å². The fourth-order valence-corrected chi connectivity index (χ4v) is 4.27. The van der Waals surface area contributed by atoms with Crippen molar-refractivity contribution in [2.24, 2.45) is 0 Å². The van der Waals surface area contributed by atoms with Crippen molar-refractivity contribution in [3.05, 3.63) is 42.2 Å². The Hall–Kier alpha value is -3.00. The molecule has 1 saturated carbocycles. The summed E-state index contributed by atoms with van der Waals surface area (Å²) in [4.78, 5) is 8.92. The molecule has 3 aromatic heterocycles. The van der Waals surface area contributed by atoms with E-state index in [-0.39, 0.29) is 0 Å². The Morgan fingerprint density at radius 3 is 2.85 bits per heavy atom. The van der Waals surface area contributed by atoms with Gasteiger partial charge in [-0.3, -0.25) is 0 Å². The van der Waals surface area contributed by atoms with Gasteiger partial charge >= 0.3 is 0 Å². The summed E-state index contributed by atoms with van der Waals surface area (Å²) >= 11 is 1.63. The van der Waals surface area contributed by atoms with Crippen molar-refractivity contribution < 1.29 is 0 Å². The van der Waals surface area contributed by atoms with Gasteiger partial charge in [0, 0.05) is 35.2 Å². The Balaban J connectivity index is 1.46. The van der Waals surface area contributed by atoms with Crippen LogP contribution in [-0.2, 0) is 0 Å². The van der Waals surface area contributed by atoms with Gasteiger partial charge in [-0.2, -0.15) is 15.4 Å². The quantitative estimate of drug-likeness (QED) is 0.472. The number of aromatic amines is 1. The Bertz CT molecular complexity index is 1050. The first kappa shape index (κ1) is 16.2. The molecule has 8 heteroatoms. The molecular formula is C19H19N7S. The van der Waals surface area contributed by atoms with Crippen LogP contribution in [0, 0.1) is 0 Å². The smallest absolute Gasteiger partial charge is 0.132 e. The number of rotatable bonds is 5. The van der Waals surface area contributed by atoms with Gasteiger partial charge in [0.2, 0.25) is 0 Å². The fourth-order valence-electron chi connectivity index (χ4n) is 3.55. The van der Waals surface area contributed by atoms with Gasteiger partial charge in [0.25, 0.3) is 0 Å². The monoisotopic (exact) mass is 377 g/mol. The average molecular weight is 377 g/mol. The zero-order valence-electron chi connectivity index (χ0n) is 14.6. The van der Waals surface area contributed by atoms with E-state index in [1.54, 1.807) is 17.5 Å². The van der Waals surface area contributed by atoms with Crippen LogP contribution in [0.2, 0.25) is 0 Å². The lowest BCUT2D eigenvalue weighted by atomic mass is 10.1. The predicted octanol–water partition coefficient (Wildman–Crippen LogP) is 4.57. The van der Waals surface area contributed by atoms with Crippen LogP contribution < -0.4 is 10.6 Å². The molecule has 136 valence electrons. The second-order valence-corrected chi connectivity index (χ2v) is 7.64. The summed E-state index contributed by atoms with van der Waals surface area (Å²) in [6.45, 7) is 0. The number of hydrogen-bond acceptors (Lipinski definition) is 7. The molecule has 4 aromatic rings. The van der Waals surface area contributed by atoms with Gasteiger partial charge in [0.1, 0.15) is 11.5 Å². The SMILES string of the molecule is c1nc2ccc(Nc3cc(NC4CCCC4)c(-c4cn[nH]n4)cn3)cc2s1. The van der Waals surface area contributed by atoms with Crippen molar-refractivity contribution in [2.75, 3.05) is 10.6 Å². The van der Waals surface area contributed by atoms with Crippen molar-refractivity contribution in [3.63, 3.8) is 0 Å². The molecule has 0 bridgehead atoms. The summed E-state index contributed by atoms with van der Waals surface area (Å²) in [7, 11) is 0. The Kier molecular flexibility index (Phi) is 4.17. The molecule has 3 N–H and O–H groups in total. The van der Waals surface area contributed by atoms with E-state index >= 15 is 0 Å². The van der Waals surface area contributed by atoms with Crippen LogP contribution in [0.15, 0.2) is 42.2 Å². The van der Waals surface area contributed by atoms with Crippen molar-refractivity contribution in [3.8, 4) is 11.3 Å². The largest absolute Gasteiger partial charge is 0.382 e. The highest BCUT2D eigenvalue weighted by Crippen LogP contribution is 2.32. The molecule has 5 rings (SSSR count). The van der Waals surface area contributed by atoms with Crippen molar-refractivity contribution >= 4 is 38.7 Å². The normalized spacial score (nSPS) is 14.7. The van der Waals surface area contributed by atoms with E-state index < -0.39 is 0 Å². The van der Waals surface area contributed by atoms with E-state index in [4.69, 9.17) is 0 Å². The van der Waals surface area contributed by atoms with Gasteiger partial charge in [0.15, 0.2) is 0 Å². The number of nitrogens with zero attached hydrogens (tertiary/aromatic N) is 4. The molecule has 1 fully saturated rings. The lowest BCUT2D eigenvalue weighted by Gasteiger charge is -2.17. The van der Waals surface area contributed by atoms with Crippen LogP contribution in [0.25, 0.3) is 21.5 Å². The highest BCUT2D eigenvalue weighted by atomic mass is 32.1. The number of H-pyrrole nitrogens is 1. The van der Waals surface area contributed by atoms with E-state index in [9.17, 15) is 0 Å². The van der Waals surface area contributed by atoms with Gasteiger partial charge < -0.3 is 10.6 Å². The third-order valence-corrected chi connectivity index (χ3v) is 5.71. The first-order chi connectivity index (χ1) is 13.3. The van der Waals surface area contributed by atoms with E-state index in [0.29, 0.717) is 6.04 Å². The number of fused-ring (bicyclic) bond motifs is 1. The van der Waals surface area contributed by atoms with E-state index in [1.165, 1.54) is 25.7 Å². The van der Waals surface area contributed by atoms with Gasteiger partial charge in [-0.1, -0.05) is 12.8 Å². The standard InChI is InChI=1S/C19H19N7S/c1-2-4-12(3-1)23-16-8-19(20-9-14(16)17-10-22-26-25-17)24-13-5-6-15-18(7-13)27-11-21-15/h5-12H,1-4H2,(H2,20,23,24)(H,22,25,26). The summed E-state index contributed by atoms with van der Waals surface area (Å²) < 4.78 is 1.16.